The maximum absolute atomic E-state index is 12.2. The number of carbonyl (C=O) groups is 2. The Balaban J connectivity index is 1.08. The minimum atomic E-state index is -0.105. The molecule has 9 nitrogen and oxygen atoms in total. The minimum absolute atomic E-state index is 0.0441. The van der Waals surface area contributed by atoms with Crippen LogP contribution in [-0.2, 0) is 14.4 Å². The number of rotatable bonds is 8. The number of nitrogens with one attached hydrogen (secondary N) is 6. The van der Waals surface area contributed by atoms with Crippen LogP contribution >= 0.6 is 0 Å². The van der Waals surface area contributed by atoms with Crippen molar-refractivity contribution in [3.8, 4) is 0 Å². The molecule has 5 atom stereocenters. The molecule has 2 amide bonds. The van der Waals surface area contributed by atoms with E-state index < -0.39 is 0 Å². The second-order valence-corrected chi connectivity index (χ2v) is 9.90. The highest BCUT2D eigenvalue weighted by atomic mass is 16.7. The number of fused-ring (bicyclic) bond motifs is 1. The third-order valence-corrected chi connectivity index (χ3v) is 7.61. The summed E-state index contributed by atoms with van der Waals surface area (Å²) in [5.41, 5.74) is 9.03. The summed E-state index contributed by atoms with van der Waals surface area (Å²) in [7, 11) is 0. The number of hydrogen-bond donors (Lipinski definition) is 6. The van der Waals surface area contributed by atoms with E-state index in [4.69, 9.17) is 4.84 Å². The van der Waals surface area contributed by atoms with Gasteiger partial charge in [-0.25, -0.2) is 5.43 Å². The summed E-state index contributed by atoms with van der Waals surface area (Å²) < 4.78 is 0. The number of amides is 2. The molecule has 4 fully saturated rings. The van der Waals surface area contributed by atoms with Gasteiger partial charge in [0.1, 0.15) is 6.23 Å². The van der Waals surface area contributed by atoms with Gasteiger partial charge in [-0.3, -0.25) is 30.5 Å². The lowest BCUT2D eigenvalue weighted by Crippen LogP contribution is -2.64. The van der Waals surface area contributed by atoms with E-state index in [-0.39, 0.29) is 36.3 Å². The molecule has 4 aliphatic rings. The summed E-state index contributed by atoms with van der Waals surface area (Å²) >= 11 is 0. The fraction of sp³-hybridized carbons (Fsp3) is 0.909. The van der Waals surface area contributed by atoms with E-state index in [2.05, 4.69) is 39.2 Å². The van der Waals surface area contributed by atoms with Crippen molar-refractivity contribution in [3.63, 3.8) is 0 Å². The van der Waals surface area contributed by atoms with Crippen LogP contribution in [0.15, 0.2) is 0 Å². The molecule has 0 radical (unpaired) electrons. The maximum Gasteiger partial charge on any atom is 0.237 e. The highest BCUT2D eigenvalue weighted by molar-refractivity contribution is 5.79. The molecule has 2 aliphatic carbocycles. The molecule has 176 valence electrons. The van der Waals surface area contributed by atoms with Crippen molar-refractivity contribution in [2.75, 3.05) is 13.1 Å². The molecule has 6 N–H and O–H groups in total. The fourth-order valence-electron chi connectivity index (χ4n) is 5.63. The summed E-state index contributed by atoms with van der Waals surface area (Å²) in [6.07, 6.45) is 10.7. The molecule has 0 aromatic carbocycles. The smallest absolute Gasteiger partial charge is 0.237 e. The normalized spacial score (nSPS) is 38.4. The molecule has 0 bridgehead atoms. The van der Waals surface area contributed by atoms with E-state index in [0.717, 1.165) is 25.2 Å². The average Bonchev–Trinajstić information content (AvgIpc) is 3.26. The number of hydrazine groups is 1. The zero-order valence-electron chi connectivity index (χ0n) is 18.8. The second-order valence-electron chi connectivity index (χ2n) is 9.90. The highest BCUT2D eigenvalue weighted by Gasteiger charge is 2.39. The van der Waals surface area contributed by atoms with Crippen molar-refractivity contribution in [1.82, 2.24) is 32.3 Å². The molecule has 5 unspecified atom stereocenters. The lowest BCUT2D eigenvalue weighted by molar-refractivity contribution is -0.134. The van der Waals surface area contributed by atoms with Crippen LogP contribution in [0.1, 0.15) is 71.1 Å². The van der Waals surface area contributed by atoms with Gasteiger partial charge in [-0.1, -0.05) is 32.6 Å². The van der Waals surface area contributed by atoms with Gasteiger partial charge in [-0.05, 0) is 43.9 Å². The molecule has 0 aromatic rings. The Morgan fingerprint density at radius 2 is 1.90 bits per heavy atom. The molecule has 4 rings (SSSR count). The highest BCUT2D eigenvalue weighted by Crippen LogP contribution is 2.33. The van der Waals surface area contributed by atoms with Crippen molar-refractivity contribution < 1.29 is 14.4 Å². The molecule has 2 saturated heterocycles. The van der Waals surface area contributed by atoms with Crippen molar-refractivity contribution in [2.45, 2.75) is 89.7 Å². The first-order chi connectivity index (χ1) is 15.1. The van der Waals surface area contributed by atoms with Crippen LogP contribution < -0.4 is 32.3 Å². The van der Waals surface area contributed by atoms with Crippen LogP contribution in [-0.4, -0.2) is 43.5 Å². The topological polar surface area (TPSA) is 116 Å². The number of hydroxylamine groups is 1. The molecule has 31 heavy (non-hydrogen) atoms. The molecule has 2 heterocycles. The SMILES string of the molecule is CC1CCC(C2NOC(CCC(=O)NCCNC3NNC(=O)C4CCCCC34)N2)CC1. The van der Waals surface area contributed by atoms with Gasteiger partial charge in [0.15, 0.2) is 0 Å². The Kier molecular flexibility index (Phi) is 8.17. The van der Waals surface area contributed by atoms with Gasteiger partial charge in [-0.15, -0.1) is 0 Å². The fourth-order valence-corrected chi connectivity index (χ4v) is 5.63. The average molecular weight is 437 g/mol. The second kappa shape index (κ2) is 11.0. The van der Waals surface area contributed by atoms with Gasteiger partial charge in [0, 0.05) is 31.3 Å². The van der Waals surface area contributed by atoms with Gasteiger partial charge in [0.05, 0.1) is 12.3 Å². The molecule has 9 heteroatoms. The van der Waals surface area contributed by atoms with Gasteiger partial charge >= 0.3 is 0 Å². The Hall–Kier alpha value is -1.26. The van der Waals surface area contributed by atoms with Gasteiger partial charge in [-0.2, -0.15) is 5.48 Å². The van der Waals surface area contributed by atoms with E-state index in [1.54, 1.807) is 0 Å². The quantitative estimate of drug-likeness (QED) is 0.313. The summed E-state index contributed by atoms with van der Waals surface area (Å²) in [6.45, 7) is 3.57. The summed E-state index contributed by atoms with van der Waals surface area (Å²) in [5, 5.41) is 9.94. The minimum Gasteiger partial charge on any atom is -0.355 e. The third kappa shape index (κ3) is 6.16. The molecule has 0 aromatic heterocycles. The Morgan fingerprint density at radius 1 is 1.10 bits per heavy atom. The van der Waals surface area contributed by atoms with Gasteiger partial charge < -0.3 is 5.32 Å². The van der Waals surface area contributed by atoms with Crippen LogP contribution in [0.5, 0.6) is 0 Å². The Labute approximate surface area is 185 Å². The molecular formula is C22H40N6O3. The Morgan fingerprint density at radius 3 is 2.74 bits per heavy atom. The molecular weight excluding hydrogens is 396 g/mol. The van der Waals surface area contributed by atoms with E-state index in [9.17, 15) is 9.59 Å². The van der Waals surface area contributed by atoms with Crippen LogP contribution in [0.3, 0.4) is 0 Å². The summed E-state index contributed by atoms with van der Waals surface area (Å²) in [5.74, 6) is 2.05. The molecule has 2 saturated carbocycles. The predicted octanol–water partition coefficient (Wildman–Crippen LogP) is 0.842. The van der Waals surface area contributed by atoms with E-state index in [1.165, 1.54) is 32.1 Å². The zero-order valence-corrected chi connectivity index (χ0v) is 18.8. The lowest BCUT2D eigenvalue weighted by atomic mass is 9.76. The number of hydrogen-bond acceptors (Lipinski definition) is 7. The third-order valence-electron chi connectivity index (χ3n) is 7.61. The largest absolute Gasteiger partial charge is 0.355 e. The monoisotopic (exact) mass is 436 g/mol. The van der Waals surface area contributed by atoms with E-state index >= 15 is 0 Å². The van der Waals surface area contributed by atoms with Crippen molar-refractivity contribution in [2.24, 2.45) is 23.7 Å². The summed E-state index contributed by atoms with van der Waals surface area (Å²) in [6, 6.07) is 0. The molecule has 0 spiro atoms. The van der Waals surface area contributed by atoms with Crippen LogP contribution in [0.2, 0.25) is 0 Å². The lowest BCUT2D eigenvalue weighted by Gasteiger charge is -2.41. The van der Waals surface area contributed by atoms with Crippen molar-refractivity contribution >= 4 is 11.8 Å². The van der Waals surface area contributed by atoms with Crippen LogP contribution in [0.4, 0.5) is 0 Å². The van der Waals surface area contributed by atoms with E-state index in [0.29, 0.717) is 37.8 Å². The first-order valence-corrected chi connectivity index (χ1v) is 12.3. The zero-order chi connectivity index (χ0) is 21.6. The Bertz CT molecular complexity index is 612. The standard InChI is InChI=1S/C22H40N6O3/c1-14-6-8-15(9-7-14)20-25-19(31-28-20)11-10-18(29)23-12-13-24-21-16-4-2-3-5-17(16)22(30)27-26-21/h14-17,19-21,24-26,28H,2-13H2,1H3,(H,23,29)(H,27,30). The first kappa shape index (κ1) is 22.9. The summed E-state index contributed by atoms with van der Waals surface area (Å²) in [4.78, 5) is 29.9. The van der Waals surface area contributed by atoms with Crippen LogP contribution in [0, 0.1) is 23.7 Å². The van der Waals surface area contributed by atoms with E-state index in [1.807, 2.05) is 0 Å². The van der Waals surface area contributed by atoms with Crippen molar-refractivity contribution in [3.05, 3.63) is 0 Å². The predicted molar refractivity (Wildman–Crippen MR) is 117 cm³/mol. The maximum atomic E-state index is 12.2. The molecule has 2 aliphatic heterocycles. The van der Waals surface area contributed by atoms with Crippen LogP contribution in [0.25, 0.3) is 0 Å². The number of carbonyl (C=O) groups excluding carboxylic acids is 2. The van der Waals surface area contributed by atoms with Crippen molar-refractivity contribution in [1.29, 1.82) is 0 Å². The van der Waals surface area contributed by atoms with Gasteiger partial charge in [0.2, 0.25) is 11.8 Å². The van der Waals surface area contributed by atoms with Gasteiger partial charge in [0.25, 0.3) is 0 Å². The first-order valence-electron chi connectivity index (χ1n) is 12.3.